The van der Waals surface area contributed by atoms with E-state index < -0.39 is 5.82 Å². The smallest absolute Gasteiger partial charge is 0.224 e. The zero-order chi connectivity index (χ0) is 20.2. The largest absolute Gasteiger partial charge is 0.326 e. The fourth-order valence-electron chi connectivity index (χ4n) is 3.70. The lowest BCUT2D eigenvalue weighted by Gasteiger charge is -2.16. The van der Waals surface area contributed by atoms with Crippen LogP contribution in [0, 0.1) is 5.82 Å². The number of hydrogen-bond donors (Lipinski definition) is 1. The number of aromatic nitrogens is 2. The Labute approximate surface area is 168 Å². The summed E-state index contributed by atoms with van der Waals surface area (Å²) in [5.74, 6) is -0.827. The molecular formula is C23H22FN3O2. The molecule has 1 amide bonds. The second-order valence-electron chi connectivity index (χ2n) is 7.30. The first-order chi connectivity index (χ1) is 14.1. The predicted molar refractivity (Wildman–Crippen MR) is 109 cm³/mol. The molecule has 5 nitrogen and oxygen atoms in total. The van der Waals surface area contributed by atoms with E-state index in [-0.39, 0.29) is 24.5 Å². The van der Waals surface area contributed by atoms with Gasteiger partial charge in [-0.1, -0.05) is 12.1 Å². The van der Waals surface area contributed by atoms with Gasteiger partial charge >= 0.3 is 0 Å². The summed E-state index contributed by atoms with van der Waals surface area (Å²) < 4.78 is 15.8. The summed E-state index contributed by atoms with van der Waals surface area (Å²) in [5, 5.41) is 2.66. The molecule has 0 spiro atoms. The molecule has 1 N–H and O–H groups in total. The maximum Gasteiger partial charge on any atom is 0.224 e. The van der Waals surface area contributed by atoms with Crippen LogP contribution in [0.1, 0.15) is 47.2 Å². The van der Waals surface area contributed by atoms with E-state index in [1.165, 1.54) is 29.9 Å². The summed E-state index contributed by atoms with van der Waals surface area (Å²) in [6.07, 6.45) is 9.33. The number of carbonyl (C=O) groups excluding carboxylic acids is 2. The second-order valence-corrected chi connectivity index (χ2v) is 7.30. The number of nitrogens with one attached hydrogen (secondary N) is 1. The SMILES string of the molecule is O=C(CCC(=O)c1ccc2c(c1)CCCC2)Nc1ccc(-n2ccnc2)c(F)c1. The lowest BCUT2D eigenvalue weighted by Crippen LogP contribution is -2.14. The number of ketones is 1. The van der Waals surface area contributed by atoms with Crippen molar-refractivity contribution in [1.29, 1.82) is 0 Å². The molecule has 0 aliphatic heterocycles. The van der Waals surface area contributed by atoms with Gasteiger partial charge in [0.25, 0.3) is 0 Å². The Morgan fingerprint density at radius 2 is 1.86 bits per heavy atom. The van der Waals surface area contributed by atoms with E-state index in [4.69, 9.17) is 0 Å². The molecule has 0 unspecified atom stereocenters. The van der Waals surface area contributed by atoms with Crippen LogP contribution in [0.3, 0.4) is 0 Å². The molecular weight excluding hydrogens is 369 g/mol. The van der Waals surface area contributed by atoms with Crippen molar-refractivity contribution in [2.75, 3.05) is 5.32 Å². The highest BCUT2D eigenvalue weighted by Gasteiger charge is 2.14. The lowest BCUT2D eigenvalue weighted by molar-refractivity contribution is -0.116. The number of aryl methyl sites for hydroxylation is 2. The van der Waals surface area contributed by atoms with Crippen molar-refractivity contribution in [3.8, 4) is 5.69 Å². The van der Waals surface area contributed by atoms with Gasteiger partial charge in [-0.15, -0.1) is 0 Å². The quantitative estimate of drug-likeness (QED) is 0.630. The first-order valence-corrected chi connectivity index (χ1v) is 9.83. The summed E-state index contributed by atoms with van der Waals surface area (Å²) in [6, 6.07) is 10.3. The standard InChI is InChI=1S/C23H22FN3O2/c24-20-14-19(7-8-21(20)27-12-11-25-15-27)26-23(29)10-9-22(28)18-6-5-16-3-1-2-4-17(16)13-18/h5-8,11-15H,1-4,9-10H2,(H,26,29). The van der Waals surface area contributed by atoms with Crippen molar-refractivity contribution in [3.05, 3.63) is 77.6 Å². The van der Waals surface area contributed by atoms with E-state index in [9.17, 15) is 14.0 Å². The Kier molecular flexibility index (Phi) is 5.51. The third kappa shape index (κ3) is 4.42. The maximum absolute atomic E-state index is 14.3. The Bertz CT molecular complexity index is 1040. The highest BCUT2D eigenvalue weighted by atomic mass is 19.1. The number of hydrogen-bond acceptors (Lipinski definition) is 3. The fraction of sp³-hybridized carbons (Fsp3) is 0.261. The summed E-state index contributed by atoms with van der Waals surface area (Å²) in [4.78, 5) is 28.6. The van der Waals surface area contributed by atoms with Gasteiger partial charge in [-0.05, 0) is 61.1 Å². The molecule has 0 bridgehead atoms. The fourth-order valence-corrected chi connectivity index (χ4v) is 3.70. The van der Waals surface area contributed by atoms with Crippen molar-refractivity contribution >= 4 is 17.4 Å². The minimum atomic E-state index is -0.467. The lowest BCUT2D eigenvalue weighted by atomic mass is 9.89. The molecule has 1 heterocycles. The van der Waals surface area contributed by atoms with Crippen LogP contribution in [0.5, 0.6) is 0 Å². The monoisotopic (exact) mass is 391 g/mol. The molecule has 0 saturated carbocycles. The molecule has 1 aromatic heterocycles. The summed E-state index contributed by atoms with van der Waals surface area (Å²) in [7, 11) is 0. The minimum absolute atomic E-state index is 0.0461. The van der Waals surface area contributed by atoms with Gasteiger partial charge in [-0.3, -0.25) is 9.59 Å². The van der Waals surface area contributed by atoms with Crippen molar-refractivity contribution in [2.45, 2.75) is 38.5 Å². The molecule has 3 aromatic rings. The van der Waals surface area contributed by atoms with Gasteiger partial charge in [-0.25, -0.2) is 9.37 Å². The topological polar surface area (TPSA) is 64.0 Å². The van der Waals surface area contributed by atoms with Gasteiger partial charge in [0.1, 0.15) is 5.82 Å². The molecule has 1 aliphatic carbocycles. The van der Waals surface area contributed by atoms with E-state index in [1.807, 2.05) is 18.2 Å². The number of halogens is 1. The van der Waals surface area contributed by atoms with Crippen LogP contribution >= 0.6 is 0 Å². The number of fused-ring (bicyclic) bond motifs is 1. The van der Waals surface area contributed by atoms with E-state index in [0.29, 0.717) is 16.9 Å². The average molecular weight is 391 g/mol. The average Bonchev–Trinajstić information content (AvgIpc) is 3.26. The highest BCUT2D eigenvalue weighted by molar-refractivity contribution is 6.00. The van der Waals surface area contributed by atoms with Crippen LogP contribution in [0.25, 0.3) is 5.69 Å². The first kappa shape index (κ1) is 19.1. The normalized spacial score (nSPS) is 13.0. The van der Waals surface area contributed by atoms with E-state index in [2.05, 4.69) is 10.3 Å². The van der Waals surface area contributed by atoms with E-state index in [0.717, 1.165) is 19.3 Å². The van der Waals surface area contributed by atoms with Crippen molar-refractivity contribution in [2.24, 2.45) is 0 Å². The van der Waals surface area contributed by atoms with Gasteiger partial charge in [0, 0.05) is 36.5 Å². The second kappa shape index (κ2) is 8.39. The highest BCUT2D eigenvalue weighted by Crippen LogP contribution is 2.23. The van der Waals surface area contributed by atoms with Crippen molar-refractivity contribution < 1.29 is 14.0 Å². The zero-order valence-corrected chi connectivity index (χ0v) is 16.0. The van der Waals surface area contributed by atoms with Crippen LogP contribution < -0.4 is 5.32 Å². The van der Waals surface area contributed by atoms with Crippen LogP contribution in [0.15, 0.2) is 55.1 Å². The van der Waals surface area contributed by atoms with Crippen LogP contribution in [-0.4, -0.2) is 21.2 Å². The molecule has 148 valence electrons. The van der Waals surface area contributed by atoms with Crippen LogP contribution in [-0.2, 0) is 17.6 Å². The Morgan fingerprint density at radius 1 is 1.03 bits per heavy atom. The number of Topliss-reactive ketones (excluding diaryl/α,β-unsaturated/α-hetero) is 1. The van der Waals surface area contributed by atoms with Crippen molar-refractivity contribution in [3.63, 3.8) is 0 Å². The molecule has 0 fully saturated rings. The van der Waals surface area contributed by atoms with Gasteiger partial charge in [-0.2, -0.15) is 0 Å². The molecule has 0 saturated heterocycles. The van der Waals surface area contributed by atoms with Gasteiger partial charge < -0.3 is 9.88 Å². The Hall–Kier alpha value is -3.28. The van der Waals surface area contributed by atoms with Gasteiger partial charge in [0.15, 0.2) is 5.78 Å². The third-order valence-electron chi connectivity index (χ3n) is 5.26. The molecule has 6 heteroatoms. The molecule has 0 atom stereocenters. The number of imidazole rings is 1. The molecule has 2 aromatic carbocycles. The third-order valence-corrected chi connectivity index (χ3v) is 5.26. The number of carbonyl (C=O) groups is 2. The molecule has 4 rings (SSSR count). The molecule has 1 aliphatic rings. The van der Waals surface area contributed by atoms with Crippen LogP contribution in [0.4, 0.5) is 10.1 Å². The van der Waals surface area contributed by atoms with Gasteiger partial charge in [0.2, 0.25) is 5.91 Å². The summed E-state index contributed by atoms with van der Waals surface area (Å²) in [5.41, 5.74) is 3.95. The Balaban J connectivity index is 1.34. The number of amides is 1. The number of anilines is 1. The van der Waals surface area contributed by atoms with Gasteiger partial charge in [0.05, 0.1) is 12.0 Å². The summed E-state index contributed by atoms with van der Waals surface area (Å²) >= 11 is 0. The number of nitrogens with zero attached hydrogens (tertiary/aromatic N) is 2. The summed E-state index contributed by atoms with van der Waals surface area (Å²) in [6.45, 7) is 0. The van der Waals surface area contributed by atoms with Crippen molar-refractivity contribution in [1.82, 2.24) is 9.55 Å². The zero-order valence-electron chi connectivity index (χ0n) is 16.0. The first-order valence-electron chi connectivity index (χ1n) is 9.83. The number of benzene rings is 2. The Morgan fingerprint density at radius 3 is 2.62 bits per heavy atom. The molecule has 29 heavy (non-hydrogen) atoms. The van der Waals surface area contributed by atoms with E-state index >= 15 is 0 Å². The van der Waals surface area contributed by atoms with Crippen LogP contribution in [0.2, 0.25) is 0 Å². The molecule has 0 radical (unpaired) electrons. The maximum atomic E-state index is 14.3. The predicted octanol–water partition coefficient (Wildman–Crippen LogP) is 4.49. The van der Waals surface area contributed by atoms with E-state index in [1.54, 1.807) is 29.1 Å². The minimum Gasteiger partial charge on any atom is -0.326 e. The number of rotatable bonds is 6.